The molecule has 0 aliphatic heterocycles. The Morgan fingerprint density at radius 2 is 2.17 bits per heavy atom. The minimum Gasteiger partial charge on any atom is -0.353 e. The van der Waals surface area contributed by atoms with E-state index in [0.717, 1.165) is 5.56 Å². The highest BCUT2D eigenvalue weighted by molar-refractivity contribution is 9.10. The summed E-state index contributed by atoms with van der Waals surface area (Å²) in [4.78, 5) is 3.94. The van der Waals surface area contributed by atoms with Crippen LogP contribution in [-0.4, -0.2) is 4.98 Å². The van der Waals surface area contributed by atoms with E-state index in [1.807, 2.05) is 13.0 Å². The molecule has 1 aromatic carbocycles. The van der Waals surface area contributed by atoms with Crippen molar-refractivity contribution in [3.63, 3.8) is 0 Å². The molecule has 3 nitrogen and oxygen atoms in total. The molecule has 0 radical (unpaired) electrons. The molecule has 0 saturated carbocycles. The van der Waals surface area contributed by atoms with Crippen molar-refractivity contribution in [2.75, 3.05) is 5.32 Å². The molecule has 18 heavy (non-hydrogen) atoms. The van der Waals surface area contributed by atoms with Crippen LogP contribution < -0.4 is 5.32 Å². The molecular formula is C13H9BrFN3. The van der Waals surface area contributed by atoms with E-state index >= 15 is 0 Å². The van der Waals surface area contributed by atoms with E-state index < -0.39 is 0 Å². The molecule has 90 valence electrons. The molecule has 2 rings (SSSR count). The van der Waals surface area contributed by atoms with Crippen molar-refractivity contribution < 1.29 is 4.39 Å². The highest BCUT2D eigenvalue weighted by atomic mass is 79.9. The Labute approximate surface area is 112 Å². The van der Waals surface area contributed by atoms with Crippen molar-refractivity contribution in [3.8, 4) is 6.07 Å². The summed E-state index contributed by atoms with van der Waals surface area (Å²) < 4.78 is 13.9. The number of nitrogens with one attached hydrogen (secondary N) is 1. The molecule has 5 heteroatoms. The van der Waals surface area contributed by atoms with Gasteiger partial charge in [0.05, 0.1) is 10.2 Å². The molecule has 0 bridgehead atoms. The highest BCUT2D eigenvalue weighted by Crippen LogP contribution is 2.27. The van der Waals surface area contributed by atoms with Crippen LogP contribution in [0.25, 0.3) is 0 Å². The van der Waals surface area contributed by atoms with Crippen molar-refractivity contribution in [1.82, 2.24) is 4.98 Å². The number of nitriles is 1. The van der Waals surface area contributed by atoms with Gasteiger partial charge in [0, 0.05) is 11.9 Å². The fraction of sp³-hybridized carbons (Fsp3) is 0.0769. The number of aromatic nitrogens is 1. The summed E-state index contributed by atoms with van der Waals surface area (Å²) in [7, 11) is 0. The third-order valence-electron chi connectivity index (χ3n) is 2.45. The Kier molecular flexibility index (Phi) is 3.58. The number of halogens is 2. The van der Waals surface area contributed by atoms with Gasteiger partial charge in [0.25, 0.3) is 0 Å². The predicted octanol–water partition coefficient (Wildman–Crippen LogP) is 3.91. The van der Waals surface area contributed by atoms with E-state index in [0.29, 0.717) is 15.8 Å². The number of pyridine rings is 1. The summed E-state index contributed by atoms with van der Waals surface area (Å²) in [5, 5.41) is 11.9. The fourth-order valence-electron chi connectivity index (χ4n) is 1.52. The normalized spacial score (nSPS) is 9.89. The molecule has 0 aliphatic rings. The standard InChI is InChI=1S/C13H9BrFN3/c1-8-5-9(14)10(15)6-12(8)18-11-3-2-4-17-13(11)7-16/h2-6,18H,1H3. The van der Waals surface area contributed by atoms with Crippen molar-refractivity contribution >= 4 is 27.3 Å². The lowest BCUT2D eigenvalue weighted by Crippen LogP contribution is -1.98. The molecular weight excluding hydrogens is 297 g/mol. The molecule has 0 unspecified atom stereocenters. The summed E-state index contributed by atoms with van der Waals surface area (Å²) in [6.45, 7) is 1.86. The minimum atomic E-state index is -0.356. The van der Waals surface area contributed by atoms with Crippen molar-refractivity contribution in [3.05, 3.63) is 52.0 Å². The van der Waals surface area contributed by atoms with Gasteiger partial charge in [0.15, 0.2) is 5.69 Å². The summed E-state index contributed by atoms with van der Waals surface area (Å²) in [5.41, 5.74) is 2.32. The van der Waals surface area contributed by atoms with Crippen LogP contribution in [0, 0.1) is 24.1 Å². The van der Waals surface area contributed by atoms with E-state index in [1.54, 1.807) is 24.4 Å². The second-order valence-electron chi connectivity index (χ2n) is 3.72. The molecule has 2 aromatic rings. The van der Waals surface area contributed by atoms with Gasteiger partial charge in [0.2, 0.25) is 0 Å². The zero-order chi connectivity index (χ0) is 13.1. The Morgan fingerprint density at radius 1 is 1.39 bits per heavy atom. The van der Waals surface area contributed by atoms with Crippen LogP contribution in [0.3, 0.4) is 0 Å². The maximum absolute atomic E-state index is 13.5. The Balaban J connectivity index is 2.41. The maximum Gasteiger partial charge on any atom is 0.163 e. The van der Waals surface area contributed by atoms with Gasteiger partial charge in [-0.05, 0) is 52.7 Å². The van der Waals surface area contributed by atoms with Gasteiger partial charge in [0.1, 0.15) is 11.9 Å². The largest absolute Gasteiger partial charge is 0.353 e. The van der Waals surface area contributed by atoms with Crippen LogP contribution in [-0.2, 0) is 0 Å². The zero-order valence-electron chi connectivity index (χ0n) is 9.54. The van der Waals surface area contributed by atoms with Gasteiger partial charge in [-0.25, -0.2) is 9.37 Å². The van der Waals surface area contributed by atoms with Crippen molar-refractivity contribution in [2.45, 2.75) is 6.92 Å². The first-order chi connectivity index (χ1) is 8.61. The Hall–Kier alpha value is -1.93. The van der Waals surface area contributed by atoms with E-state index in [1.165, 1.54) is 6.07 Å². The highest BCUT2D eigenvalue weighted by Gasteiger charge is 2.08. The lowest BCUT2D eigenvalue weighted by molar-refractivity contribution is 0.621. The van der Waals surface area contributed by atoms with E-state index in [-0.39, 0.29) is 11.5 Å². The number of aryl methyl sites for hydroxylation is 1. The number of benzene rings is 1. The average Bonchev–Trinajstić information content (AvgIpc) is 2.36. The molecule has 1 heterocycles. The third kappa shape index (κ3) is 2.49. The molecule has 0 aliphatic carbocycles. The first-order valence-electron chi connectivity index (χ1n) is 5.19. The van der Waals surface area contributed by atoms with Gasteiger partial charge in [-0.2, -0.15) is 5.26 Å². The molecule has 0 atom stereocenters. The smallest absolute Gasteiger partial charge is 0.163 e. The number of anilines is 2. The van der Waals surface area contributed by atoms with E-state index in [2.05, 4.69) is 26.2 Å². The van der Waals surface area contributed by atoms with Gasteiger partial charge >= 0.3 is 0 Å². The van der Waals surface area contributed by atoms with Crippen LogP contribution in [0.1, 0.15) is 11.3 Å². The molecule has 1 aromatic heterocycles. The number of nitrogens with zero attached hydrogens (tertiary/aromatic N) is 2. The first kappa shape index (κ1) is 12.5. The van der Waals surface area contributed by atoms with Gasteiger partial charge in [-0.15, -0.1) is 0 Å². The zero-order valence-corrected chi connectivity index (χ0v) is 11.1. The van der Waals surface area contributed by atoms with Crippen LogP contribution >= 0.6 is 15.9 Å². The summed E-state index contributed by atoms with van der Waals surface area (Å²) in [6, 6.07) is 8.49. The molecule has 0 fully saturated rings. The maximum atomic E-state index is 13.5. The average molecular weight is 306 g/mol. The topological polar surface area (TPSA) is 48.7 Å². The summed E-state index contributed by atoms with van der Waals surface area (Å²) >= 11 is 3.13. The van der Waals surface area contributed by atoms with Crippen LogP contribution in [0.15, 0.2) is 34.9 Å². The summed E-state index contributed by atoms with van der Waals surface area (Å²) in [6.07, 6.45) is 1.54. The third-order valence-corrected chi connectivity index (χ3v) is 3.06. The van der Waals surface area contributed by atoms with Crippen LogP contribution in [0.4, 0.5) is 15.8 Å². The van der Waals surface area contributed by atoms with E-state index in [9.17, 15) is 4.39 Å². The molecule has 0 amide bonds. The second-order valence-corrected chi connectivity index (χ2v) is 4.57. The van der Waals surface area contributed by atoms with Gasteiger partial charge in [-0.1, -0.05) is 0 Å². The van der Waals surface area contributed by atoms with Crippen molar-refractivity contribution in [2.24, 2.45) is 0 Å². The molecule has 0 spiro atoms. The Bertz CT molecular complexity index is 635. The lowest BCUT2D eigenvalue weighted by Gasteiger charge is -2.11. The minimum absolute atomic E-state index is 0.278. The fourth-order valence-corrected chi connectivity index (χ4v) is 1.98. The SMILES string of the molecule is Cc1cc(Br)c(F)cc1Nc1cccnc1C#N. The van der Waals surface area contributed by atoms with E-state index in [4.69, 9.17) is 5.26 Å². The lowest BCUT2D eigenvalue weighted by atomic mass is 10.2. The quantitative estimate of drug-likeness (QED) is 0.915. The molecule has 0 saturated heterocycles. The van der Waals surface area contributed by atoms with Crippen LogP contribution in [0.5, 0.6) is 0 Å². The number of hydrogen-bond donors (Lipinski definition) is 1. The summed E-state index contributed by atoms with van der Waals surface area (Å²) in [5.74, 6) is -0.356. The Morgan fingerprint density at radius 3 is 2.89 bits per heavy atom. The monoisotopic (exact) mass is 305 g/mol. The predicted molar refractivity (Wildman–Crippen MR) is 71.1 cm³/mol. The van der Waals surface area contributed by atoms with Crippen LogP contribution in [0.2, 0.25) is 0 Å². The van der Waals surface area contributed by atoms with Gasteiger partial charge in [-0.3, -0.25) is 0 Å². The second kappa shape index (κ2) is 5.15. The molecule has 1 N–H and O–H groups in total. The first-order valence-corrected chi connectivity index (χ1v) is 5.99. The number of hydrogen-bond acceptors (Lipinski definition) is 3. The van der Waals surface area contributed by atoms with Crippen molar-refractivity contribution in [1.29, 1.82) is 5.26 Å². The number of rotatable bonds is 2. The van der Waals surface area contributed by atoms with Gasteiger partial charge < -0.3 is 5.32 Å².